The van der Waals surface area contributed by atoms with Crippen LogP contribution < -0.4 is 5.32 Å². The number of benzene rings is 4. The minimum Gasteiger partial charge on any atom is -0.394 e. The minimum absolute atomic E-state index is 0.0628. The van der Waals surface area contributed by atoms with E-state index in [2.05, 4.69) is 90.2 Å². The number of hydrogen-bond acceptors (Lipinski definition) is 5. The molecule has 0 radical (unpaired) electrons. The van der Waals surface area contributed by atoms with E-state index in [0.29, 0.717) is 13.2 Å². The minimum atomic E-state index is -0.569. The predicted molar refractivity (Wildman–Crippen MR) is 152 cm³/mol. The molecule has 0 unspecified atom stereocenters. The summed E-state index contributed by atoms with van der Waals surface area (Å²) >= 11 is 0. The fraction of sp³-hybridized carbons (Fsp3) is 0.219. The first-order chi connectivity index (χ1) is 18.6. The zero-order valence-corrected chi connectivity index (χ0v) is 21.6. The highest BCUT2D eigenvalue weighted by molar-refractivity contribution is 6.00. The van der Waals surface area contributed by atoms with E-state index >= 15 is 0 Å². The van der Waals surface area contributed by atoms with Gasteiger partial charge in [-0.1, -0.05) is 109 Å². The largest absolute Gasteiger partial charge is 0.394 e. The van der Waals surface area contributed by atoms with E-state index in [1.807, 2.05) is 18.2 Å². The summed E-state index contributed by atoms with van der Waals surface area (Å²) in [6, 6.07) is 37.8. The van der Waals surface area contributed by atoms with E-state index < -0.39 is 10.5 Å². The number of oxime groups is 1. The molecule has 1 N–H and O–H groups in total. The van der Waals surface area contributed by atoms with Crippen LogP contribution in [0.3, 0.4) is 0 Å². The summed E-state index contributed by atoms with van der Waals surface area (Å²) < 4.78 is 0. The van der Waals surface area contributed by atoms with Crippen molar-refractivity contribution in [2.45, 2.75) is 31.7 Å². The van der Waals surface area contributed by atoms with Crippen molar-refractivity contribution in [3.8, 4) is 0 Å². The number of unbranched alkanes of at least 4 members (excludes halogenated alkanes) is 1. The summed E-state index contributed by atoms with van der Waals surface area (Å²) in [4.78, 5) is 16.5. The summed E-state index contributed by atoms with van der Waals surface area (Å²) in [5, 5.41) is 19.3. The molecule has 4 aromatic rings. The maximum atomic E-state index is 11.0. The van der Waals surface area contributed by atoms with Gasteiger partial charge in [-0.2, -0.15) is 0 Å². The van der Waals surface area contributed by atoms with Gasteiger partial charge in [0.2, 0.25) is 0 Å². The first-order valence-electron chi connectivity index (χ1n) is 13.0. The molecule has 0 heterocycles. The van der Waals surface area contributed by atoms with Gasteiger partial charge in [0.15, 0.2) is 0 Å². The topological polar surface area (TPSA) is 76.8 Å². The lowest BCUT2D eigenvalue weighted by atomic mass is 9.77. The van der Waals surface area contributed by atoms with Gasteiger partial charge in [0.1, 0.15) is 6.61 Å². The Bertz CT molecular complexity index is 1210. The standard InChI is InChI=1S/C32H33N3O3/c1-2-3-19-31(26-20-22-30(23-21-26)35(36)37)34-38-25-24-33-32(27-13-7-4-8-14-27,28-15-9-5-10-16-28)29-17-11-6-12-18-29/h4-18,20-23,33H,2-3,19,24-25H2,1H3. The van der Waals surface area contributed by atoms with Crippen LogP contribution in [0, 0.1) is 10.1 Å². The summed E-state index contributed by atoms with van der Waals surface area (Å²) in [5.41, 5.74) is 4.53. The van der Waals surface area contributed by atoms with Gasteiger partial charge in [-0.3, -0.25) is 15.4 Å². The third kappa shape index (κ3) is 6.33. The van der Waals surface area contributed by atoms with Gasteiger partial charge in [-0.15, -0.1) is 0 Å². The van der Waals surface area contributed by atoms with Crippen LogP contribution >= 0.6 is 0 Å². The number of hydrogen-bond donors (Lipinski definition) is 1. The molecule has 6 nitrogen and oxygen atoms in total. The predicted octanol–water partition coefficient (Wildman–Crippen LogP) is 7.09. The molecule has 0 saturated carbocycles. The highest BCUT2D eigenvalue weighted by Gasteiger charge is 2.35. The van der Waals surface area contributed by atoms with Crippen LogP contribution in [0.4, 0.5) is 5.69 Å². The van der Waals surface area contributed by atoms with Gasteiger partial charge >= 0.3 is 0 Å². The molecule has 0 aliphatic rings. The SMILES string of the molecule is CCCCC(=NOCCNC(c1ccccc1)(c1ccccc1)c1ccccc1)c1ccc([N+](=O)[O-])cc1. The number of nitro benzene ring substituents is 1. The monoisotopic (exact) mass is 507 g/mol. The molecule has 4 aromatic carbocycles. The highest BCUT2D eigenvalue weighted by Crippen LogP contribution is 2.36. The maximum Gasteiger partial charge on any atom is 0.269 e. The molecule has 4 rings (SSSR count). The molecule has 0 amide bonds. The Kier molecular flexibility index (Phi) is 9.37. The first kappa shape index (κ1) is 26.8. The third-order valence-corrected chi connectivity index (χ3v) is 6.56. The van der Waals surface area contributed by atoms with Crippen molar-refractivity contribution >= 4 is 11.4 Å². The van der Waals surface area contributed by atoms with Crippen LogP contribution in [0.2, 0.25) is 0 Å². The Labute approximate surface area is 224 Å². The molecule has 0 atom stereocenters. The summed E-state index contributed by atoms with van der Waals surface area (Å²) in [7, 11) is 0. The molecule has 0 fully saturated rings. The van der Waals surface area contributed by atoms with Crippen molar-refractivity contribution in [2.75, 3.05) is 13.2 Å². The molecule has 0 aliphatic carbocycles. The van der Waals surface area contributed by atoms with Crippen LogP contribution in [-0.2, 0) is 10.4 Å². The van der Waals surface area contributed by atoms with Crippen LogP contribution in [-0.4, -0.2) is 23.8 Å². The van der Waals surface area contributed by atoms with E-state index in [9.17, 15) is 10.1 Å². The van der Waals surface area contributed by atoms with Gasteiger partial charge in [0.05, 0.1) is 16.2 Å². The Morgan fingerprint density at radius 3 is 1.76 bits per heavy atom. The van der Waals surface area contributed by atoms with Crippen LogP contribution in [0.1, 0.15) is 48.4 Å². The van der Waals surface area contributed by atoms with Crippen molar-refractivity contribution in [3.05, 3.63) is 148 Å². The molecule has 0 aliphatic heterocycles. The van der Waals surface area contributed by atoms with Crippen molar-refractivity contribution in [1.82, 2.24) is 5.32 Å². The fourth-order valence-electron chi connectivity index (χ4n) is 4.64. The Morgan fingerprint density at radius 1 is 0.816 bits per heavy atom. The molecule has 0 aromatic heterocycles. The van der Waals surface area contributed by atoms with Crippen LogP contribution in [0.15, 0.2) is 120 Å². The molecular formula is C32H33N3O3. The van der Waals surface area contributed by atoms with E-state index in [4.69, 9.17) is 4.84 Å². The third-order valence-electron chi connectivity index (χ3n) is 6.56. The van der Waals surface area contributed by atoms with E-state index in [-0.39, 0.29) is 5.69 Å². The molecule has 0 saturated heterocycles. The quantitative estimate of drug-likeness (QED) is 0.0689. The average Bonchev–Trinajstić information content (AvgIpc) is 2.98. The number of non-ortho nitro benzene ring substituents is 1. The van der Waals surface area contributed by atoms with E-state index in [1.54, 1.807) is 12.1 Å². The number of rotatable bonds is 13. The first-order valence-corrected chi connectivity index (χ1v) is 13.0. The Hall–Kier alpha value is -4.29. The lowest BCUT2D eigenvalue weighted by molar-refractivity contribution is -0.384. The molecular weight excluding hydrogens is 474 g/mol. The second-order valence-electron chi connectivity index (χ2n) is 9.05. The number of nitro groups is 1. The Balaban J connectivity index is 1.57. The van der Waals surface area contributed by atoms with Crippen molar-refractivity contribution in [2.24, 2.45) is 5.16 Å². The number of nitrogens with zero attached hydrogens (tertiary/aromatic N) is 2. The lowest BCUT2D eigenvalue weighted by Gasteiger charge is -2.37. The molecule has 194 valence electrons. The van der Waals surface area contributed by atoms with E-state index in [1.165, 1.54) is 12.1 Å². The second-order valence-corrected chi connectivity index (χ2v) is 9.05. The summed E-state index contributed by atoms with van der Waals surface area (Å²) in [6.07, 6.45) is 2.71. The normalized spacial score (nSPS) is 11.8. The Morgan fingerprint density at radius 2 is 1.32 bits per heavy atom. The zero-order chi connectivity index (χ0) is 26.6. The fourth-order valence-corrected chi connectivity index (χ4v) is 4.64. The molecule has 6 heteroatoms. The molecule has 38 heavy (non-hydrogen) atoms. The molecule has 0 spiro atoms. The average molecular weight is 508 g/mol. The zero-order valence-electron chi connectivity index (χ0n) is 21.6. The van der Waals surface area contributed by atoms with E-state index in [0.717, 1.165) is 47.2 Å². The maximum absolute atomic E-state index is 11.0. The molecule has 0 bridgehead atoms. The lowest BCUT2D eigenvalue weighted by Crippen LogP contribution is -2.46. The van der Waals surface area contributed by atoms with Crippen molar-refractivity contribution < 1.29 is 9.76 Å². The van der Waals surface area contributed by atoms with Crippen molar-refractivity contribution in [1.29, 1.82) is 0 Å². The van der Waals surface area contributed by atoms with Crippen LogP contribution in [0.5, 0.6) is 0 Å². The van der Waals surface area contributed by atoms with Gasteiger partial charge in [-0.25, -0.2) is 0 Å². The van der Waals surface area contributed by atoms with Gasteiger partial charge in [-0.05, 0) is 47.2 Å². The second kappa shape index (κ2) is 13.3. The van der Waals surface area contributed by atoms with Gasteiger partial charge < -0.3 is 4.84 Å². The highest BCUT2D eigenvalue weighted by atomic mass is 16.6. The number of nitrogens with one attached hydrogen (secondary N) is 1. The smallest absolute Gasteiger partial charge is 0.269 e. The summed E-state index contributed by atoms with van der Waals surface area (Å²) in [5.74, 6) is 0. The van der Waals surface area contributed by atoms with Crippen LogP contribution in [0.25, 0.3) is 0 Å². The van der Waals surface area contributed by atoms with Gasteiger partial charge in [0, 0.05) is 18.7 Å². The van der Waals surface area contributed by atoms with Gasteiger partial charge in [0.25, 0.3) is 5.69 Å². The van der Waals surface area contributed by atoms with Crippen molar-refractivity contribution in [3.63, 3.8) is 0 Å². The summed E-state index contributed by atoms with van der Waals surface area (Å²) in [6.45, 7) is 3.02.